The number of hydrogen-bond acceptors (Lipinski definition) is 3. The first-order chi connectivity index (χ1) is 10.2. The normalized spacial score (nSPS) is 10.3. The van der Waals surface area contributed by atoms with E-state index in [4.69, 9.17) is 10.00 Å². The molecule has 0 saturated heterocycles. The molecule has 0 heterocycles. The second kappa shape index (κ2) is 7.58. The molecule has 0 saturated carbocycles. The van der Waals surface area contributed by atoms with Gasteiger partial charge < -0.3 is 10.1 Å². The standard InChI is InChI=1S/C18H20N2O/c1-14-8-15(10-19)6-7-18(14)12-20-11-16-4-3-5-17(9-16)13-21-2/h3-9,20H,11-13H2,1-2H3. The van der Waals surface area contributed by atoms with Crippen molar-refractivity contribution < 1.29 is 4.74 Å². The minimum Gasteiger partial charge on any atom is -0.380 e. The Labute approximate surface area is 126 Å². The van der Waals surface area contributed by atoms with Gasteiger partial charge in [0.25, 0.3) is 0 Å². The van der Waals surface area contributed by atoms with Gasteiger partial charge in [-0.1, -0.05) is 30.3 Å². The van der Waals surface area contributed by atoms with Crippen LogP contribution in [-0.4, -0.2) is 7.11 Å². The van der Waals surface area contributed by atoms with Gasteiger partial charge in [-0.25, -0.2) is 0 Å². The molecule has 2 aromatic rings. The molecule has 3 heteroatoms. The SMILES string of the molecule is COCc1cccc(CNCc2ccc(C#N)cc2C)c1. The van der Waals surface area contributed by atoms with E-state index >= 15 is 0 Å². The lowest BCUT2D eigenvalue weighted by Crippen LogP contribution is -2.13. The average molecular weight is 280 g/mol. The summed E-state index contributed by atoms with van der Waals surface area (Å²) in [5, 5.41) is 12.3. The van der Waals surface area contributed by atoms with E-state index in [1.54, 1.807) is 7.11 Å². The third-order valence-corrected chi connectivity index (χ3v) is 3.42. The highest BCUT2D eigenvalue weighted by molar-refractivity contribution is 5.37. The summed E-state index contributed by atoms with van der Waals surface area (Å²) >= 11 is 0. The Bertz CT molecular complexity index is 644. The van der Waals surface area contributed by atoms with Crippen LogP contribution in [0, 0.1) is 18.3 Å². The number of nitrogens with zero attached hydrogens (tertiary/aromatic N) is 1. The van der Waals surface area contributed by atoms with Gasteiger partial charge in [0.2, 0.25) is 0 Å². The third-order valence-electron chi connectivity index (χ3n) is 3.42. The average Bonchev–Trinajstić information content (AvgIpc) is 2.49. The summed E-state index contributed by atoms with van der Waals surface area (Å²) in [6, 6.07) is 16.4. The van der Waals surface area contributed by atoms with Gasteiger partial charge in [0.05, 0.1) is 18.2 Å². The lowest BCUT2D eigenvalue weighted by Gasteiger charge is -2.09. The van der Waals surface area contributed by atoms with Crippen LogP contribution in [-0.2, 0) is 24.4 Å². The van der Waals surface area contributed by atoms with Gasteiger partial charge in [0.1, 0.15) is 0 Å². The molecule has 0 radical (unpaired) electrons. The van der Waals surface area contributed by atoms with Crippen LogP contribution >= 0.6 is 0 Å². The predicted octanol–water partition coefficient (Wildman–Crippen LogP) is 3.30. The number of rotatable bonds is 6. The van der Waals surface area contributed by atoms with E-state index in [-0.39, 0.29) is 0 Å². The molecule has 0 aromatic heterocycles. The Morgan fingerprint density at radius 3 is 2.62 bits per heavy atom. The van der Waals surface area contributed by atoms with E-state index in [0.29, 0.717) is 12.2 Å². The molecule has 0 fully saturated rings. The maximum absolute atomic E-state index is 8.87. The number of benzene rings is 2. The Morgan fingerprint density at radius 2 is 1.90 bits per heavy atom. The number of aryl methyl sites for hydroxylation is 1. The van der Waals surface area contributed by atoms with Crippen molar-refractivity contribution in [2.75, 3.05) is 7.11 Å². The zero-order chi connectivity index (χ0) is 15.1. The fourth-order valence-electron chi connectivity index (χ4n) is 2.30. The lowest BCUT2D eigenvalue weighted by molar-refractivity contribution is 0.185. The van der Waals surface area contributed by atoms with Crippen LogP contribution in [0.1, 0.15) is 27.8 Å². The monoisotopic (exact) mass is 280 g/mol. The van der Waals surface area contributed by atoms with Crippen molar-refractivity contribution in [2.45, 2.75) is 26.6 Å². The fourth-order valence-corrected chi connectivity index (χ4v) is 2.30. The molecule has 0 atom stereocenters. The molecule has 1 N–H and O–H groups in total. The molecule has 21 heavy (non-hydrogen) atoms. The van der Waals surface area contributed by atoms with E-state index in [2.05, 4.69) is 35.7 Å². The van der Waals surface area contributed by atoms with Crippen molar-refractivity contribution in [3.63, 3.8) is 0 Å². The van der Waals surface area contributed by atoms with Crippen molar-refractivity contribution in [3.8, 4) is 6.07 Å². The second-order valence-corrected chi connectivity index (χ2v) is 5.11. The summed E-state index contributed by atoms with van der Waals surface area (Å²) in [5.74, 6) is 0. The molecular formula is C18H20N2O. The second-order valence-electron chi connectivity index (χ2n) is 5.11. The van der Waals surface area contributed by atoms with E-state index in [1.807, 2.05) is 25.1 Å². The molecule has 0 spiro atoms. The summed E-state index contributed by atoms with van der Waals surface area (Å²) < 4.78 is 5.15. The van der Waals surface area contributed by atoms with Gasteiger partial charge in [0.15, 0.2) is 0 Å². The maximum Gasteiger partial charge on any atom is 0.0991 e. The highest BCUT2D eigenvalue weighted by Crippen LogP contribution is 2.11. The highest BCUT2D eigenvalue weighted by atomic mass is 16.5. The fraction of sp³-hybridized carbons (Fsp3) is 0.278. The molecule has 2 rings (SSSR count). The third kappa shape index (κ3) is 4.42. The predicted molar refractivity (Wildman–Crippen MR) is 83.6 cm³/mol. The highest BCUT2D eigenvalue weighted by Gasteiger charge is 2.01. The summed E-state index contributed by atoms with van der Waals surface area (Å²) in [6.45, 7) is 4.29. The molecule has 3 nitrogen and oxygen atoms in total. The zero-order valence-corrected chi connectivity index (χ0v) is 12.5. The molecule has 0 aliphatic heterocycles. The number of hydrogen-bond donors (Lipinski definition) is 1. The van der Waals surface area contributed by atoms with Crippen LogP contribution < -0.4 is 5.32 Å². The van der Waals surface area contributed by atoms with Gasteiger partial charge in [0, 0.05) is 20.2 Å². The first-order valence-electron chi connectivity index (χ1n) is 7.00. The van der Waals surface area contributed by atoms with Crippen molar-refractivity contribution in [1.29, 1.82) is 5.26 Å². The van der Waals surface area contributed by atoms with Gasteiger partial charge >= 0.3 is 0 Å². The Balaban J connectivity index is 1.92. The van der Waals surface area contributed by atoms with E-state index in [1.165, 1.54) is 16.7 Å². The van der Waals surface area contributed by atoms with E-state index in [9.17, 15) is 0 Å². The summed E-state index contributed by atoms with van der Waals surface area (Å²) in [4.78, 5) is 0. The smallest absolute Gasteiger partial charge is 0.0991 e. The summed E-state index contributed by atoms with van der Waals surface area (Å²) in [5.41, 5.74) is 5.52. The molecule has 2 aromatic carbocycles. The van der Waals surface area contributed by atoms with Crippen molar-refractivity contribution in [3.05, 3.63) is 70.3 Å². The van der Waals surface area contributed by atoms with Crippen LogP contribution in [0.5, 0.6) is 0 Å². The number of methoxy groups -OCH3 is 1. The van der Waals surface area contributed by atoms with Gasteiger partial charge in [-0.3, -0.25) is 0 Å². The van der Waals surface area contributed by atoms with Crippen molar-refractivity contribution in [1.82, 2.24) is 5.32 Å². The molecule has 0 aliphatic rings. The Kier molecular flexibility index (Phi) is 5.51. The molecule has 0 amide bonds. The van der Waals surface area contributed by atoms with Crippen molar-refractivity contribution >= 4 is 0 Å². The topological polar surface area (TPSA) is 45.0 Å². The molecule has 0 aliphatic carbocycles. The first-order valence-corrected chi connectivity index (χ1v) is 7.00. The van der Waals surface area contributed by atoms with E-state index < -0.39 is 0 Å². The largest absolute Gasteiger partial charge is 0.380 e. The lowest BCUT2D eigenvalue weighted by atomic mass is 10.1. The van der Waals surface area contributed by atoms with Crippen LogP contribution in [0.25, 0.3) is 0 Å². The van der Waals surface area contributed by atoms with Crippen LogP contribution in [0.3, 0.4) is 0 Å². The number of ether oxygens (including phenoxy) is 1. The van der Waals surface area contributed by atoms with Gasteiger partial charge in [-0.2, -0.15) is 5.26 Å². The summed E-state index contributed by atoms with van der Waals surface area (Å²) in [7, 11) is 1.71. The molecule has 0 unspecified atom stereocenters. The van der Waals surface area contributed by atoms with Crippen LogP contribution in [0.15, 0.2) is 42.5 Å². The molecule has 0 bridgehead atoms. The number of nitrogens with one attached hydrogen (secondary N) is 1. The van der Waals surface area contributed by atoms with Crippen molar-refractivity contribution in [2.24, 2.45) is 0 Å². The van der Waals surface area contributed by atoms with Crippen LogP contribution in [0.2, 0.25) is 0 Å². The Hall–Kier alpha value is -2.15. The van der Waals surface area contributed by atoms with Gasteiger partial charge in [-0.05, 0) is 41.3 Å². The maximum atomic E-state index is 8.87. The Morgan fingerprint density at radius 1 is 1.10 bits per heavy atom. The van der Waals surface area contributed by atoms with E-state index in [0.717, 1.165) is 18.7 Å². The quantitative estimate of drug-likeness (QED) is 0.883. The molecule has 108 valence electrons. The minimum absolute atomic E-state index is 0.641. The first kappa shape index (κ1) is 15.2. The van der Waals surface area contributed by atoms with Crippen LogP contribution in [0.4, 0.5) is 0 Å². The molecular weight excluding hydrogens is 260 g/mol. The zero-order valence-electron chi connectivity index (χ0n) is 12.5. The minimum atomic E-state index is 0.641. The number of nitriles is 1. The summed E-state index contributed by atoms with van der Waals surface area (Å²) in [6.07, 6.45) is 0. The van der Waals surface area contributed by atoms with Gasteiger partial charge in [-0.15, -0.1) is 0 Å².